The molecule has 1 heterocycles. The highest BCUT2D eigenvalue weighted by Crippen LogP contribution is 2.05. The Hall–Kier alpha value is -1.58. The van der Waals surface area contributed by atoms with Crippen LogP contribution < -0.4 is 0 Å². The number of hydrogen-bond donors (Lipinski definition) is 0. The number of aryl methyl sites for hydroxylation is 1. The Morgan fingerprint density at radius 3 is 2.53 bits per heavy atom. The Kier molecular flexibility index (Phi) is 4.94. The van der Waals surface area contributed by atoms with Crippen LogP contribution in [0.3, 0.4) is 0 Å². The third kappa shape index (κ3) is 3.73. The van der Waals surface area contributed by atoms with E-state index >= 15 is 0 Å². The maximum atomic E-state index is 12.0. The van der Waals surface area contributed by atoms with Crippen LogP contribution in [-0.2, 0) is 6.54 Å². The number of carbonyl (C=O) groups is 1. The summed E-state index contributed by atoms with van der Waals surface area (Å²) in [5, 5.41) is 0. The zero-order valence-electron chi connectivity index (χ0n) is 11.1. The fourth-order valence-corrected chi connectivity index (χ4v) is 1.57. The topological polar surface area (TPSA) is 36.4 Å². The van der Waals surface area contributed by atoms with Gasteiger partial charge in [0.2, 0.25) is 0 Å². The predicted octanol–water partition coefficient (Wildman–Crippen LogP) is 2.28. The lowest BCUT2D eigenvalue weighted by atomic mass is 10.3. The summed E-state index contributed by atoms with van der Waals surface area (Å²) in [6, 6.07) is 5.94. The number of carbonyl (C=O) groups excluding carboxylic acids is 1. The minimum Gasteiger partial charge on any atom is -0.328 e. The summed E-state index contributed by atoms with van der Waals surface area (Å²) in [6.07, 6.45) is 0. The van der Waals surface area contributed by atoms with Crippen molar-refractivity contribution in [2.24, 2.45) is 0 Å². The summed E-state index contributed by atoms with van der Waals surface area (Å²) in [4.78, 5) is 19.9. The molecule has 1 rings (SSSR count). The van der Waals surface area contributed by atoms with E-state index in [0.29, 0.717) is 13.1 Å². The molecule has 1 aromatic rings. The van der Waals surface area contributed by atoms with Crippen LogP contribution >= 0.6 is 0 Å². The summed E-state index contributed by atoms with van der Waals surface area (Å²) < 4.78 is 0. The van der Waals surface area contributed by atoms with Crippen molar-refractivity contribution in [2.45, 2.75) is 27.3 Å². The van der Waals surface area contributed by atoms with Crippen molar-refractivity contribution in [3.8, 4) is 0 Å². The molecule has 0 aliphatic heterocycles. The van der Waals surface area contributed by atoms with Gasteiger partial charge in [-0.1, -0.05) is 6.07 Å². The smallest absolute Gasteiger partial charge is 0.320 e. The van der Waals surface area contributed by atoms with E-state index in [9.17, 15) is 4.79 Å². The molecule has 0 N–H and O–H groups in total. The van der Waals surface area contributed by atoms with Gasteiger partial charge in [-0.05, 0) is 32.9 Å². The minimum absolute atomic E-state index is 0.0540. The van der Waals surface area contributed by atoms with E-state index in [0.717, 1.165) is 17.9 Å². The Bertz CT molecular complexity index is 379. The van der Waals surface area contributed by atoms with E-state index in [1.807, 2.05) is 46.0 Å². The van der Waals surface area contributed by atoms with Crippen molar-refractivity contribution in [1.29, 1.82) is 0 Å². The van der Waals surface area contributed by atoms with Crippen LogP contribution in [0.4, 0.5) is 4.79 Å². The standard InChI is InChI=1S/C13H21N3O/c1-5-15(4)13(17)16(6-2)10-12-9-7-8-11(3)14-12/h7-9H,5-6,10H2,1-4H3. The highest BCUT2D eigenvalue weighted by atomic mass is 16.2. The Balaban J connectivity index is 2.73. The first kappa shape index (κ1) is 13.5. The molecule has 0 saturated heterocycles. The second kappa shape index (κ2) is 6.23. The van der Waals surface area contributed by atoms with Crippen molar-refractivity contribution >= 4 is 6.03 Å². The first-order valence-electron chi connectivity index (χ1n) is 6.01. The van der Waals surface area contributed by atoms with Gasteiger partial charge in [0, 0.05) is 25.8 Å². The van der Waals surface area contributed by atoms with Gasteiger partial charge in [0.25, 0.3) is 0 Å². The van der Waals surface area contributed by atoms with Gasteiger partial charge in [-0.15, -0.1) is 0 Å². The molecule has 0 aromatic carbocycles. The molecule has 1 aromatic heterocycles. The van der Waals surface area contributed by atoms with Gasteiger partial charge in [-0.2, -0.15) is 0 Å². The lowest BCUT2D eigenvalue weighted by Crippen LogP contribution is -2.40. The quantitative estimate of drug-likeness (QED) is 0.802. The molecular formula is C13H21N3O. The van der Waals surface area contributed by atoms with Crippen LogP contribution in [-0.4, -0.2) is 41.0 Å². The maximum absolute atomic E-state index is 12.0. The van der Waals surface area contributed by atoms with Crippen LogP contribution in [0.15, 0.2) is 18.2 Å². The molecular weight excluding hydrogens is 214 g/mol. The van der Waals surface area contributed by atoms with Gasteiger partial charge < -0.3 is 9.80 Å². The number of hydrogen-bond acceptors (Lipinski definition) is 2. The lowest BCUT2D eigenvalue weighted by molar-refractivity contribution is 0.164. The maximum Gasteiger partial charge on any atom is 0.320 e. The van der Waals surface area contributed by atoms with Gasteiger partial charge in [0.05, 0.1) is 12.2 Å². The molecule has 0 bridgehead atoms. The molecule has 4 nitrogen and oxygen atoms in total. The van der Waals surface area contributed by atoms with Crippen LogP contribution in [0.5, 0.6) is 0 Å². The first-order chi connectivity index (χ1) is 8.08. The first-order valence-corrected chi connectivity index (χ1v) is 6.01. The lowest BCUT2D eigenvalue weighted by Gasteiger charge is -2.26. The fraction of sp³-hybridized carbons (Fsp3) is 0.538. The number of rotatable bonds is 4. The number of urea groups is 1. The molecule has 0 unspecified atom stereocenters. The zero-order chi connectivity index (χ0) is 12.8. The molecule has 0 atom stereocenters. The number of amides is 2. The van der Waals surface area contributed by atoms with E-state index in [1.54, 1.807) is 9.80 Å². The van der Waals surface area contributed by atoms with Gasteiger partial charge in [-0.3, -0.25) is 4.98 Å². The number of pyridine rings is 1. The number of aromatic nitrogens is 1. The van der Waals surface area contributed by atoms with Gasteiger partial charge >= 0.3 is 6.03 Å². The molecule has 0 aliphatic carbocycles. The summed E-state index contributed by atoms with van der Waals surface area (Å²) in [5.74, 6) is 0. The van der Waals surface area contributed by atoms with E-state index in [1.165, 1.54) is 0 Å². The molecule has 0 fully saturated rings. The second-order valence-corrected chi connectivity index (χ2v) is 4.08. The van der Waals surface area contributed by atoms with Gasteiger partial charge in [0.1, 0.15) is 0 Å². The summed E-state index contributed by atoms with van der Waals surface area (Å²) in [7, 11) is 1.81. The molecule has 2 amide bonds. The zero-order valence-corrected chi connectivity index (χ0v) is 11.1. The third-order valence-electron chi connectivity index (χ3n) is 2.75. The van der Waals surface area contributed by atoms with E-state index in [2.05, 4.69) is 4.98 Å². The third-order valence-corrected chi connectivity index (χ3v) is 2.75. The van der Waals surface area contributed by atoms with Gasteiger partial charge in [-0.25, -0.2) is 4.79 Å². The average molecular weight is 235 g/mol. The molecule has 0 spiro atoms. The van der Waals surface area contributed by atoms with Crippen molar-refractivity contribution in [1.82, 2.24) is 14.8 Å². The summed E-state index contributed by atoms with van der Waals surface area (Å²) in [6.45, 7) is 7.89. The molecule has 0 aliphatic rings. The second-order valence-electron chi connectivity index (χ2n) is 4.08. The van der Waals surface area contributed by atoms with E-state index < -0.39 is 0 Å². The molecule has 0 radical (unpaired) electrons. The summed E-state index contributed by atoms with van der Waals surface area (Å²) >= 11 is 0. The van der Waals surface area contributed by atoms with Crippen molar-refractivity contribution in [3.05, 3.63) is 29.6 Å². The van der Waals surface area contributed by atoms with Crippen LogP contribution in [0.1, 0.15) is 25.2 Å². The van der Waals surface area contributed by atoms with E-state index in [-0.39, 0.29) is 6.03 Å². The van der Waals surface area contributed by atoms with Crippen molar-refractivity contribution in [2.75, 3.05) is 20.1 Å². The molecule has 17 heavy (non-hydrogen) atoms. The minimum atomic E-state index is 0.0540. The highest BCUT2D eigenvalue weighted by molar-refractivity contribution is 5.74. The monoisotopic (exact) mass is 235 g/mol. The highest BCUT2D eigenvalue weighted by Gasteiger charge is 2.15. The predicted molar refractivity (Wildman–Crippen MR) is 68.8 cm³/mol. The van der Waals surface area contributed by atoms with Crippen LogP contribution in [0.25, 0.3) is 0 Å². The molecule has 4 heteroatoms. The van der Waals surface area contributed by atoms with E-state index in [4.69, 9.17) is 0 Å². The van der Waals surface area contributed by atoms with Crippen molar-refractivity contribution < 1.29 is 4.79 Å². The number of nitrogens with zero attached hydrogens (tertiary/aromatic N) is 3. The van der Waals surface area contributed by atoms with Crippen LogP contribution in [0.2, 0.25) is 0 Å². The summed E-state index contributed by atoms with van der Waals surface area (Å²) in [5.41, 5.74) is 1.92. The Morgan fingerprint density at radius 1 is 1.29 bits per heavy atom. The Labute approximate surface area is 103 Å². The van der Waals surface area contributed by atoms with Crippen LogP contribution in [0, 0.1) is 6.92 Å². The molecule has 94 valence electrons. The van der Waals surface area contributed by atoms with Crippen molar-refractivity contribution in [3.63, 3.8) is 0 Å². The largest absolute Gasteiger partial charge is 0.328 e. The molecule has 0 saturated carbocycles. The average Bonchev–Trinajstić information content (AvgIpc) is 2.34. The fourth-order valence-electron chi connectivity index (χ4n) is 1.57. The SMILES string of the molecule is CCN(C)C(=O)N(CC)Cc1cccc(C)n1. The Morgan fingerprint density at radius 2 is 2.00 bits per heavy atom. The van der Waals surface area contributed by atoms with Gasteiger partial charge in [0.15, 0.2) is 0 Å². The normalized spacial score (nSPS) is 10.1.